The summed E-state index contributed by atoms with van der Waals surface area (Å²) in [7, 11) is 0. The van der Waals surface area contributed by atoms with E-state index >= 15 is 0 Å². The molecule has 124 valence electrons. The number of rotatable bonds is 5. The van der Waals surface area contributed by atoms with Crippen LogP contribution < -0.4 is 10.9 Å². The number of hydrogen-bond donors (Lipinski definition) is 2. The van der Waals surface area contributed by atoms with Crippen molar-refractivity contribution in [1.82, 2.24) is 25.4 Å². The van der Waals surface area contributed by atoms with Gasteiger partial charge in [-0.15, -0.1) is 16.4 Å². The van der Waals surface area contributed by atoms with E-state index in [0.29, 0.717) is 17.6 Å². The molecule has 3 rings (SSSR count). The van der Waals surface area contributed by atoms with Gasteiger partial charge < -0.3 is 0 Å². The molecule has 7 nitrogen and oxygen atoms in total. The Bertz CT molecular complexity index is 861. The summed E-state index contributed by atoms with van der Waals surface area (Å²) in [5.41, 5.74) is 6.40. The largest absolute Gasteiger partial charge is 0.273 e. The molecule has 0 aliphatic rings. The lowest BCUT2D eigenvalue weighted by Gasteiger charge is -2.05. The van der Waals surface area contributed by atoms with Gasteiger partial charge in [-0.3, -0.25) is 20.4 Å². The Morgan fingerprint density at radius 2 is 1.92 bits per heavy atom. The number of hydrazine groups is 1. The van der Waals surface area contributed by atoms with Gasteiger partial charge in [-0.05, 0) is 0 Å². The SMILES string of the molecule is O=C(CCBr)NNC(=O)Cc1csc2nc(-c3ccccc3)nn12. The molecule has 0 atom stereocenters. The summed E-state index contributed by atoms with van der Waals surface area (Å²) in [5, 5.41) is 6.84. The van der Waals surface area contributed by atoms with E-state index in [4.69, 9.17) is 0 Å². The number of hydrogen-bond acceptors (Lipinski definition) is 5. The lowest BCUT2D eigenvalue weighted by molar-refractivity contribution is -0.128. The minimum atomic E-state index is -0.311. The van der Waals surface area contributed by atoms with Gasteiger partial charge in [-0.25, -0.2) is 4.52 Å². The van der Waals surface area contributed by atoms with Gasteiger partial charge in [-0.1, -0.05) is 46.3 Å². The van der Waals surface area contributed by atoms with Crippen LogP contribution in [0.3, 0.4) is 0 Å². The number of nitrogens with zero attached hydrogens (tertiary/aromatic N) is 3. The van der Waals surface area contributed by atoms with Crippen molar-refractivity contribution in [2.45, 2.75) is 12.8 Å². The van der Waals surface area contributed by atoms with Crippen molar-refractivity contribution in [2.75, 3.05) is 5.33 Å². The van der Waals surface area contributed by atoms with Gasteiger partial charge in [0.1, 0.15) is 0 Å². The molecule has 0 saturated carbocycles. The molecule has 0 aliphatic carbocycles. The fourth-order valence-electron chi connectivity index (χ4n) is 2.05. The van der Waals surface area contributed by atoms with Crippen molar-refractivity contribution in [2.24, 2.45) is 0 Å². The Balaban J connectivity index is 1.70. The Hall–Kier alpha value is -2.26. The van der Waals surface area contributed by atoms with Crippen LogP contribution in [0.2, 0.25) is 0 Å². The normalized spacial score (nSPS) is 10.7. The Kier molecular flexibility index (Phi) is 5.21. The van der Waals surface area contributed by atoms with Gasteiger partial charge in [-0.2, -0.15) is 4.98 Å². The minimum Gasteiger partial charge on any atom is -0.273 e. The molecule has 0 radical (unpaired) electrons. The lowest BCUT2D eigenvalue weighted by atomic mass is 10.2. The van der Waals surface area contributed by atoms with Crippen LogP contribution in [0.25, 0.3) is 16.3 Å². The van der Waals surface area contributed by atoms with E-state index in [2.05, 4.69) is 36.9 Å². The molecular formula is C15H14BrN5O2S. The first kappa shape index (κ1) is 16.6. The number of thiazole rings is 1. The molecule has 0 spiro atoms. The summed E-state index contributed by atoms with van der Waals surface area (Å²) >= 11 is 4.58. The summed E-state index contributed by atoms with van der Waals surface area (Å²) < 4.78 is 1.66. The van der Waals surface area contributed by atoms with Gasteiger partial charge >= 0.3 is 0 Å². The molecule has 0 aliphatic heterocycles. The molecule has 3 aromatic rings. The molecule has 2 aromatic heterocycles. The molecule has 24 heavy (non-hydrogen) atoms. The van der Waals surface area contributed by atoms with E-state index in [9.17, 15) is 9.59 Å². The molecule has 2 heterocycles. The summed E-state index contributed by atoms with van der Waals surface area (Å²) in [6.45, 7) is 0. The lowest BCUT2D eigenvalue weighted by Crippen LogP contribution is -2.42. The van der Waals surface area contributed by atoms with Crippen LogP contribution in [0, 0.1) is 0 Å². The number of fused-ring (bicyclic) bond motifs is 1. The quantitative estimate of drug-likeness (QED) is 0.499. The second-order valence-corrected chi connectivity index (χ2v) is 6.56. The van der Waals surface area contributed by atoms with Crippen molar-refractivity contribution in [3.8, 4) is 11.4 Å². The zero-order chi connectivity index (χ0) is 16.9. The van der Waals surface area contributed by atoms with E-state index < -0.39 is 0 Å². The average Bonchev–Trinajstić information content (AvgIpc) is 3.16. The second kappa shape index (κ2) is 7.54. The van der Waals surface area contributed by atoms with Gasteiger partial charge in [0.05, 0.1) is 12.1 Å². The third kappa shape index (κ3) is 3.80. The van der Waals surface area contributed by atoms with Crippen molar-refractivity contribution < 1.29 is 9.59 Å². The topological polar surface area (TPSA) is 88.4 Å². The van der Waals surface area contributed by atoms with Gasteiger partial charge in [0.2, 0.25) is 16.8 Å². The maximum atomic E-state index is 11.9. The maximum Gasteiger partial charge on any atom is 0.244 e. The predicted molar refractivity (Wildman–Crippen MR) is 94.7 cm³/mol. The number of carbonyl (C=O) groups is 2. The highest BCUT2D eigenvalue weighted by atomic mass is 79.9. The average molecular weight is 408 g/mol. The van der Waals surface area contributed by atoms with E-state index in [0.717, 1.165) is 16.2 Å². The second-order valence-electron chi connectivity index (χ2n) is 4.93. The molecule has 1 aromatic carbocycles. The number of amides is 2. The van der Waals surface area contributed by atoms with Crippen molar-refractivity contribution in [3.05, 3.63) is 41.4 Å². The summed E-state index contributed by atoms with van der Waals surface area (Å²) in [5.74, 6) is 0.0620. The van der Waals surface area contributed by atoms with Crippen LogP contribution in [-0.4, -0.2) is 31.7 Å². The zero-order valence-corrected chi connectivity index (χ0v) is 14.9. The Morgan fingerprint density at radius 1 is 1.17 bits per heavy atom. The number of halogens is 1. The van der Waals surface area contributed by atoms with E-state index in [1.54, 1.807) is 4.52 Å². The first-order valence-corrected chi connectivity index (χ1v) is 9.19. The van der Waals surface area contributed by atoms with Crippen molar-refractivity contribution in [3.63, 3.8) is 0 Å². The molecule has 0 unspecified atom stereocenters. The summed E-state index contributed by atoms with van der Waals surface area (Å²) in [6, 6.07) is 9.65. The number of nitrogens with one attached hydrogen (secondary N) is 2. The Labute approximate surface area is 150 Å². The first-order valence-electron chi connectivity index (χ1n) is 7.19. The van der Waals surface area contributed by atoms with E-state index in [1.165, 1.54) is 11.3 Å². The fourth-order valence-corrected chi connectivity index (χ4v) is 3.24. The van der Waals surface area contributed by atoms with Crippen LogP contribution in [-0.2, 0) is 16.0 Å². The summed E-state index contributed by atoms with van der Waals surface area (Å²) in [6.07, 6.45) is 0.401. The number of aromatic nitrogens is 3. The van der Waals surface area contributed by atoms with Gasteiger partial charge in [0.25, 0.3) is 0 Å². The van der Waals surface area contributed by atoms with Crippen LogP contribution >= 0.6 is 27.3 Å². The number of alkyl halides is 1. The summed E-state index contributed by atoms with van der Waals surface area (Å²) in [4.78, 5) is 28.5. The third-order valence-electron chi connectivity index (χ3n) is 3.19. The Morgan fingerprint density at radius 3 is 2.67 bits per heavy atom. The van der Waals surface area contributed by atoms with Crippen LogP contribution in [0.5, 0.6) is 0 Å². The number of benzene rings is 1. The fraction of sp³-hybridized carbons (Fsp3) is 0.200. The minimum absolute atomic E-state index is 0.103. The van der Waals surface area contributed by atoms with Crippen molar-refractivity contribution >= 4 is 44.0 Å². The molecule has 2 N–H and O–H groups in total. The molecule has 9 heteroatoms. The molecular weight excluding hydrogens is 394 g/mol. The molecule has 2 amide bonds. The highest BCUT2D eigenvalue weighted by Crippen LogP contribution is 2.20. The highest BCUT2D eigenvalue weighted by Gasteiger charge is 2.14. The number of carbonyl (C=O) groups excluding carboxylic acids is 2. The molecule has 0 fully saturated rings. The molecule has 0 saturated heterocycles. The van der Waals surface area contributed by atoms with E-state index in [-0.39, 0.29) is 18.2 Å². The monoisotopic (exact) mass is 407 g/mol. The predicted octanol–water partition coefficient (Wildman–Crippen LogP) is 1.93. The molecule has 0 bridgehead atoms. The van der Waals surface area contributed by atoms with Crippen molar-refractivity contribution in [1.29, 1.82) is 0 Å². The highest BCUT2D eigenvalue weighted by molar-refractivity contribution is 9.09. The first-order chi connectivity index (χ1) is 11.7. The van der Waals surface area contributed by atoms with Crippen LogP contribution in [0.4, 0.5) is 0 Å². The standard InChI is InChI=1S/C15H14BrN5O2S/c16-7-6-12(22)18-19-13(23)8-11-9-24-15-17-14(20-21(11)15)10-4-2-1-3-5-10/h1-5,9H,6-8H2,(H,18,22)(H,19,23). The third-order valence-corrected chi connectivity index (χ3v) is 4.45. The van der Waals surface area contributed by atoms with E-state index in [1.807, 2.05) is 35.7 Å². The van der Waals surface area contributed by atoms with Crippen LogP contribution in [0.1, 0.15) is 12.1 Å². The van der Waals surface area contributed by atoms with Gasteiger partial charge in [0, 0.05) is 22.7 Å². The maximum absolute atomic E-state index is 11.9. The van der Waals surface area contributed by atoms with Gasteiger partial charge in [0.15, 0.2) is 5.82 Å². The van der Waals surface area contributed by atoms with Crippen LogP contribution in [0.15, 0.2) is 35.7 Å². The zero-order valence-electron chi connectivity index (χ0n) is 12.5. The smallest absolute Gasteiger partial charge is 0.244 e.